The van der Waals surface area contributed by atoms with E-state index in [4.69, 9.17) is 0 Å². The molecule has 0 amide bonds. The molecule has 0 aromatic carbocycles. The van der Waals surface area contributed by atoms with Gasteiger partial charge in [-0.3, -0.25) is 0 Å². The highest BCUT2D eigenvalue weighted by Crippen LogP contribution is 1.93. The zero-order chi connectivity index (χ0) is 6.99. The van der Waals surface area contributed by atoms with E-state index in [0.29, 0.717) is 0 Å². The van der Waals surface area contributed by atoms with Gasteiger partial charge in [0.2, 0.25) is 0 Å². The Morgan fingerprint density at radius 1 is 0.818 bits per heavy atom. The van der Waals surface area contributed by atoms with Crippen molar-refractivity contribution in [1.29, 1.82) is 0 Å². The van der Waals surface area contributed by atoms with Crippen LogP contribution < -0.4 is 0 Å². The molecule has 0 radical (unpaired) electrons. The highest BCUT2D eigenvalue weighted by Gasteiger charge is 1.80. The summed E-state index contributed by atoms with van der Waals surface area (Å²) in [5, 5.41) is 0. The summed E-state index contributed by atoms with van der Waals surface area (Å²) in [6.45, 7) is 10.9. The van der Waals surface area contributed by atoms with Crippen molar-refractivity contribution in [3.8, 4) is 0 Å². The molecule has 0 bridgehead atoms. The van der Waals surface area contributed by atoms with Gasteiger partial charge in [0.25, 0.3) is 0 Å². The molecule has 0 spiro atoms. The average molecular weight is 164 g/mol. The fraction of sp³-hybridized carbons (Fsp3) is 1.00. The van der Waals surface area contributed by atoms with E-state index >= 15 is 0 Å². The minimum absolute atomic E-state index is 0. The summed E-state index contributed by atoms with van der Waals surface area (Å²) in [5.41, 5.74) is 0. The van der Waals surface area contributed by atoms with E-state index in [9.17, 15) is 0 Å². The van der Waals surface area contributed by atoms with Gasteiger partial charge in [0.1, 0.15) is 0 Å². The Balaban J connectivity index is -0.0000000183. The molecule has 76 valence electrons. The molecule has 0 aliphatic heterocycles. The molecule has 0 rings (SSSR count). The second-order valence-electron chi connectivity index (χ2n) is 2.51. The predicted octanol–water partition coefficient (Wildman–Crippen LogP) is 5.38. The lowest BCUT2D eigenvalue weighted by Crippen LogP contribution is -1.77. The molecule has 0 aromatic heterocycles. The van der Waals surface area contributed by atoms with Crippen molar-refractivity contribution in [2.45, 2.75) is 69.7 Å². The Morgan fingerprint density at radius 2 is 0.909 bits per heavy atom. The zero-order valence-electron chi connectivity index (χ0n) is 6.99. The van der Waals surface area contributed by atoms with Gasteiger partial charge in [0.05, 0.1) is 0 Å². The normalized spacial score (nSPS) is 6.00. The standard InChI is InChI=1S/C5H12.C3H8.3CH4/c1-4-5(2)3;1-3-2;;;/h5H,4H2,1-3H3;3H2,1-2H3;3*1H4. The predicted molar refractivity (Wildman–Crippen MR) is 61.3 cm³/mol. The first-order valence-electron chi connectivity index (χ1n) is 3.68. The van der Waals surface area contributed by atoms with Crippen molar-refractivity contribution in [3.63, 3.8) is 0 Å². The van der Waals surface area contributed by atoms with Crippen LogP contribution in [0, 0.1) is 5.92 Å². The summed E-state index contributed by atoms with van der Waals surface area (Å²) < 4.78 is 0. The summed E-state index contributed by atoms with van der Waals surface area (Å²) in [6, 6.07) is 0. The summed E-state index contributed by atoms with van der Waals surface area (Å²) in [6.07, 6.45) is 2.56. The second kappa shape index (κ2) is 32.4. The van der Waals surface area contributed by atoms with E-state index in [0.717, 1.165) is 5.92 Å². The third-order valence-corrected chi connectivity index (χ3v) is 0.816. The third-order valence-electron chi connectivity index (χ3n) is 0.816. The lowest BCUT2D eigenvalue weighted by Gasteiger charge is -1.90. The first-order valence-corrected chi connectivity index (χ1v) is 3.68. The van der Waals surface area contributed by atoms with Gasteiger partial charge < -0.3 is 0 Å². The first-order chi connectivity index (χ1) is 3.68. The van der Waals surface area contributed by atoms with Gasteiger partial charge in [0.15, 0.2) is 0 Å². The molecule has 0 nitrogen and oxygen atoms in total. The molecule has 0 heterocycles. The van der Waals surface area contributed by atoms with E-state index in [2.05, 4.69) is 34.6 Å². The Bertz CT molecular complexity index is 21.2. The van der Waals surface area contributed by atoms with Crippen molar-refractivity contribution in [1.82, 2.24) is 0 Å². The van der Waals surface area contributed by atoms with Gasteiger partial charge in [0, 0.05) is 0 Å². The molecule has 0 unspecified atom stereocenters. The molecule has 0 aromatic rings. The van der Waals surface area contributed by atoms with Crippen LogP contribution in [0.25, 0.3) is 0 Å². The summed E-state index contributed by atoms with van der Waals surface area (Å²) in [4.78, 5) is 0. The molecule has 0 atom stereocenters. The smallest absolute Gasteiger partial charge is 0.0474 e. The van der Waals surface area contributed by atoms with Crippen LogP contribution in [-0.2, 0) is 0 Å². The van der Waals surface area contributed by atoms with Crippen LogP contribution in [0.1, 0.15) is 69.7 Å². The minimum Gasteiger partial charge on any atom is -0.0776 e. The summed E-state index contributed by atoms with van der Waals surface area (Å²) in [5.74, 6) is 0.884. The summed E-state index contributed by atoms with van der Waals surface area (Å²) in [7, 11) is 0. The van der Waals surface area contributed by atoms with Gasteiger partial charge in [-0.05, 0) is 5.92 Å². The molecule has 0 saturated carbocycles. The third kappa shape index (κ3) is 160. The van der Waals surface area contributed by atoms with E-state index in [1.165, 1.54) is 12.8 Å². The van der Waals surface area contributed by atoms with Gasteiger partial charge in [-0.15, -0.1) is 0 Å². The number of rotatable bonds is 1. The molecule has 0 saturated heterocycles. The molecular formula is C11H32. The van der Waals surface area contributed by atoms with Crippen molar-refractivity contribution in [3.05, 3.63) is 0 Å². The highest BCUT2D eigenvalue weighted by atomic mass is 13.9. The zero-order valence-corrected chi connectivity index (χ0v) is 6.99. The van der Waals surface area contributed by atoms with Crippen LogP contribution in [0.5, 0.6) is 0 Å². The van der Waals surface area contributed by atoms with Crippen LogP contribution in [0.2, 0.25) is 0 Å². The fourth-order valence-corrected chi connectivity index (χ4v) is 0. The van der Waals surface area contributed by atoms with Crippen molar-refractivity contribution in [2.75, 3.05) is 0 Å². The molecule has 0 aliphatic rings. The van der Waals surface area contributed by atoms with E-state index < -0.39 is 0 Å². The Labute approximate surface area is 76.4 Å². The maximum atomic E-state index is 2.22. The monoisotopic (exact) mass is 164 g/mol. The van der Waals surface area contributed by atoms with Crippen LogP contribution in [0.4, 0.5) is 0 Å². The number of hydrogen-bond acceptors (Lipinski definition) is 0. The SMILES string of the molecule is C.C.C.CCC.CCC(C)C. The van der Waals surface area contributed by atoms with Gasteiger partial charge in [-0.1, -0.05) is 69.7 Å². The highest BCUT2D eigenvalue weighted by molar-refractivity contribution is 4.32. The van der Waals surface area contributed by atoms with Crippen LogP contribution in [-0.4, -0.2) is 0 Å². The Morgan fingerprint density at radius 3 is 0.909 bits per heavy atom. The van der Waals surface area contributed by atoms with Gasteiger partial charge in [-0.25, -0.2) is 0 Å². The second-order valence-corrected chi connectivity index (χ2v) is 2.51. The lowest BCUT2D eigenvalue weighted by atomic mass is 10.2. The van der Waals surface area contributed by atoms with Crippen molar-refractivity contribution < 1.29 is 0 Å². The molecule has 0 fully saturated rings. The van der Waals surface area contributed by atoms with Gasteiger partial charge >= 0.3 is 0 Å². The minimum atomic E-state index is 0. The molecule has 0 N–H and O–H groups in total. The van der Waals surface area contributed by atoms with Crippen LogP contribution >= 0.6 is 0 Å². The quantitative estimate of drug-likeness (QED) is 0.488. The maximum Gasteiger partial charge on any atom is -0.0474 e. The van der Waals surface area contributed by atoms with Crippen LogP contribution in [0.3, 0.4) is 0 Å². The molecule has 0 heteroatoms. The maximum absolute atomic E-state index is 2.22. The first kappa shape index (κ1) is 30.6. The van der Waals surface area contributed by atoms with E-state index in [1.807, 2.05) is 0 Å². The van der Waals surface area contributed by atoms with Crippen molar-refractivity contribution >= 4 is 0 Å². The van der Waals surface area contributed by atoms with E-state index in [-0.39, 0.29) is 22.3 Å². The lowest BCUT2D eigenvalue weighted by molar-refractivity contribution is 0.626. The fourth-order valence-electron chi connectivity index (χ4n) is 0. The molecular weight excluding hydrogens is 132 g/mol. The largest absolute Gasteiger partial charge is 0.0776 e. The average Bonchev–Trinajstić information content (AvgIpc) is 1.69. The molecule has 0 aliphatic carbocycles. The topological polar surface area (TPSA) is 0 Å². The van der Waals surface area contributed by atoms with Crippen LogP contribution in [0.15, 0.2) is 0 Å². The summed E-state index contributed by atoms with van der Waals surface area (Å²) >= 11 is 0. The number of hydrogen-bond donors (Lipinski definition) is 0. The van der Waals surface area contributed by atoms with Gasteiger partial charge in [-0.2, -0.15) is 0 Å². The Hall–Kier alpha value is 0. The van der Waals surface area contributed by atoms with Crippen molar-refractivity contribution in [2.24, 2.45) is 5.92 Å². The van der Waals surface area contributed by atoms with E-state index in [1.54, 1.807) is 0 Å². The Kier molecular flexibility index (Phi) is 90.0. The molecule has 11 heavy (non-hydrogen) atoms.